The molecule has 1 unspecified atom stereocenters. The fourth-order valence-electron chi connectivity index (χ4n) is 8.76. The van der Waals surface area contributed by atoms with Crippen molar-refractivity contribution >= 4 is 17.9 Å². The Morgan fingerprint density at radius 3 is 0.863 bits per heavy atom. The molecule has 0 heterocycles. The Morgan fingerprint density at radius 1 is 0.288 bits per heavy atom. The molecule has 420 valence electrons. The van der Waals surface area contributed by atoms with Gasteiger partial charge in [0.05, 0.1) is 0 Å². The van der Waals surface area contributed by atoms with Gasteiger partial charge in [0.1, 0.15) is 13.2 Å². The molecule has 0 radical (unpaired) electrons. The third-order valence-electron chi connectivity index (χ3n) is 13.4. The van der Waals surface area contributed by atoms with Crippen LogP contribution in [-0.2, 0) is 28.6 Å². The van der Waals surface area contributed by atoms with Crippen LogP contribution < -0.4 is 0 Å². The second kappa shape index (κ2) is 61.1. The van der Waals surface area contributed by atoms with Crippen molar-refractivity contribution in [1.82, 2.24) is 0 Å². The molecule has 0 aliphatic heterocycles. The van der Waals surface area contributed by atoms with E-state index in [9.17, 15) is 14.4 Å². The second-order valence-electron chi connectivity index (χ2n) is 20.5. The van der Waals surface area contributed by atoms with Crippen LogP contribution in [0.2, 0.25) is 0 Å². The van der Waals surface area contributed by atoms with Crippen molar-refractivity contribution in [3.8, 4) is 0 Å². The van der Waals surface area contributed by atoms with E-state index in [1.54, 1.807) is 0 Å². The van der Waals surface area contributed by atoms with E-state index in [0.29, 0.717) is 19.3 Å². The van der Waals surface area contributed by atoms with Gasteiger partial charge in [0, 0.05) is 19.3 Å². The first-order chi connectivity index (χ1) is 36.0. The molecule has 0 aromatic carbocycles. The van der Waals surface area contributed by atoms with Gasteiger partial charge in [-0.05, 0) is 109 Å². The maximum absolute atomic E-state index is 12.9. The second-order valence-corrected chi connectivity index (χ2v) is 20.5. The summed E-state index contributed by atoms with van der Waals surface area (Å²) >= 11 is 0. The average Bonchev–Trinajstić information content (AvgIpc) is 3.39. The summed E-state index contributed by atoms with van der Waals surface area (Å²) < 4.78 is 16.8. The van der Waals surface area contributed by atoms with Gasteiger partial charge in [0.25, 0.3) is 0 Å². The van der Waals surface area contributed by atoms with Crippen LogP contribution in [0.3, 0.4) is 0 Å². The van der Waals surface area contributed by atoms with Gasteiger partial charge in [-0.2, -0.15) is 0 Å². The Labute approximate surface area is 452 Å². The van der Waals surface area contributed by atoms with E-state index in [2.05, 4.69) is 106 Å². The van der Waals surface area contributed by atoms with Crippen LogP contribution in [0.1, 0.15) is 303 Å². The number of allylic oxidation sites excluding steroid dienone is 14. The van der Waals surface area contributed by atoms with Crippen molar-refractivity contribution in [2.24, 2.45) is 0 Å². The number of ether oxygens (including phenoxy) is 3. The molecule has 0 bridgehead atoms. The molecule has 0 saturated heterocycles. The molecule has 0 aromatic heterocycles. The molecule has 73 heavy (non-hydrogen) atoms. The Bertz CT molecular complexity index is 1400. The van der Waals surface area contributed by atoms with Gasteiger partial charge in [-0.25, -0.2) is 0 Å². The molecular weight excluding hydrogens is 901 g/mol. The summed E-state index contributed by atoms with van der Waals surface area (Å²) in [4.78, 5) is 38.2. The maximum Gasteiger partial charge on any atom is 0.306 e. The van der Waals surface area contributed by atoms with Gasteiger partial charge in [-0.1, -0.05) is 260 Å². The Hall–Kier alpha value is -3.41. The fourth-order valence-corrected chi connectivity index (χ4v) is 8.76. The Balaban J connectivity index is 4.25. The zero-order valence-corrected chi connectivity index (χ0v) is 48.1. The summed E-state index contributed by atoms with van der Waals surface area (Å²) in [5.74, 6) is -0.932. The van der Waals surface area contributed by atoms with Crippen molar-refractivity contribution in [2.75, 3.05) is 13.2 Å². The lowest BCUT2D eigenvalue weighted by atomic mass is 10.0. The van der Waals surface area contributed by atoms with E-state index in [-0.39, 0.29) is 31.1 Å². The van der Waals surface area contributed by atoms with Crippen molar-refractivity contribution in [3.05, 3.63) is 85.1 Å². The normalized spacial score (nSPS) is 12.6. The van der Waals surface area contributed by atoms with Gasteiger partial charge in [-0.3, -0.25) is 14.4 Å². The first-order valence-corrected chi connectivity index (χ1v) is 31.1. The lowest BCUT2D eigenvalue weighted by Gasteiger charge is -2.18. The Morgan fingerprint density at radius 2 is 0.534 bits per heavy atom. The van der Waals surface area contributed by atoms with E-state index in [4.69, 9.17) is 14.2 Å². The van der Waals surface area contributed by atoms with Gasteiger partial charge in [-0.15, -0.1) is 0 Å². The van der Waals surface area contributed by atoms with Crippen LogP contribution in [0.4, 0.5) is 0 Å². The zero-order valence-electron chi connectivity index (χ0n) is 48.1. The van der Waals surface area contributed by atoms with Gasteiger partial charge >= 0.3 is 17.9 Å². The summed E-state index contributed by atoms with van der Waals surface area (Å²) in [6, 6.07) is 0. The quantitative estimate of drug-likeness (QED) is 0.0261. The largest absolute Gasteiger partial charge is 0.462 e. The summed E-state index contributed by atoms with van der Waals surface area (Å²) in [5, 5.41) is 0. The number of carbonyl (C=O) groups excluding carboxylic acids is 3. The zero-order chi connectivity index (χ0) is 52.9. The highest BCUT2D eigenvalue weighted by Gasteiger charge is 2.19. The van der Waals surface area contributed by atoms with Crippen LogP contribution in [0.5, 0.6) is 0 Å². The van der Waals surface area contributed by atoms with Crippen LogP contribution in [0.25, 0.3) is 0 Å². The summed E-state index contributed by atoms with van der Waals surface area (Å²) in [5.41, 5.74) is 0. The topological polar surface area (TPSA) is 78.9 Å². The number of carbonyl (C=O) groups is 3. The predicted octanol–water partition coefficient (Wildman–Crippen LogP) is 21.1. The highest BCUT2D eigenvalue weighted by molar-refractivity contribution is 5.71. The van der Waals surface area contributed by atoms with Crippen molar-refractivity contribution in [3.63, 3.8) is 0 Å². The fraction of sp³-hybridized carbons (Fsp3) is 0.746. The molecule has 6 nitrogen and oxygen atoms in total. The van der Waals surface area contributed by atoms with Crippen molar-refractivity contribution < 1.29 is 28.6 Å². The first-order valence-electron chi connectivity index (χ1n) is 31.1. The third-order valence-corrected chi connectivity index (χ3v) is 13.4. The summed E-state index contributed by atoms with van der Waals surface area (Å²) in [6.07, 6.45) is 80.3. The number of esters is 3. The molecule has 6 heteroatoms. The molecule has 0 saturated carbocycles. The average molecular weight is 1020 g/mol. The Kier molecular flexibility index (Phi) is 58.3. The SMILES string of the molecule is CC/C=C\C/C=C\C/C=C\CCCCCCCC(=O)OC(COC(=O)CCCCC/C=C\C/C=C\C/C=C\CC)COC(=O)CCCCCCCCCCCCCCCCC/C=C\CCCCCCCCCC. The highest BCUT2D eigenvalue weighted by atomic mass is 16.6. The van der Waals surface area contributed by atoms with E-state index in [0.717, 1.165) is 122 Å². The third kappa shape index (κ3) is 59.3. The molecule has 1 atom stereocenters. The van der Waals surface area contributed by atoms with E-state index < -0.39 is 6.10 Å². The molecule has 0 fully saturated rings. The maximum atomic E-state index is 12.9. The minimum Gasteiger partial charge on any atom is -0.462 e. The molecule has 0 N–H and O–H groups in total. The molecule has 0 aromatic rings. The lowest BCUT2D eigenvalue weighted by molar-refractivity contribution is -0.167. The molecule has 0 spiro atoms. The molecule has 0 rings (SSSR count). The monoisotopic (exact) mass is 1020 g/mol. The molecule has 0 aliphatic carbocycles. The van der Waals surface area contributed by atoms with Gasteiger partial charge in [0.2, 0.25) is 0 Å². The number of hydrogen-bond donors (Lipinski definition) is 0. The number of unbranched alkanes of at least 4 members (excludes halogenated alkanes) is 31. The smallest absolute Gasteiger partial charge is 0.306 e. The van der Waals surface area contributed by atoms with E-state index in [1.165, 1.54) is 141 Å². The van der Waals surface area contributed by atoms with Crippen LogP contribution >= 0.6 is 0 Å². The molecule has 0 amide bonds. The van der Waals surface area contributed by atoms with Crippen molar-refractivity contribution in [1.29, 1.82) is 0 Å². The summed E-state index contributed by atoms with van der Waals surface area (Å²) in [6.45, 7) is 6.40. The van der Waals surface area contributed by atoms with E-state index in [1.807, 2.05) is 0 Å². The van der Waals surface area contributed by atoms with Crippen molar-refractivity contribution in [2.45, 2.75) is 309 Å². The predicted molar refractivity (Wildman–Crippen MR) is 316 cm³/mol. The number of rotatable bonds is 56. The molecule has 0 aliphatic rings. The minimum absolute atomic E-state index is 0.0919. The van der Waals surface area contributed by atoms with Crippen LogP contribution in [0, 0.1) is 0 Å². The highest BCUT2D eigenvalue weighted by Crippen LogP contribution is 2.16. The summed E-state index contributed by atoms with van der Waals surface area (Å²) in [7, 11) is 0. The first kappa shape index (κ1) is 69.6. The number of hydrogen-bond acceptors (Lipinski definition) is 6. The van der Waals surface area contributed by atoms with Gasteiger partial charge in [0.15, 0.2) is 6.10 Å². The van der Waals surface area contributed by atoms with Crippen LogP contribution in [-0.4, -0.2) is 37.2 Å². The standard InChI is InChI=1S/C67H116O6/c1-4-7-10-13-16-19-22-25-27-28-29-30-31-32-33-34-35-36-37-38-40-42-45-48-51-54-57-60-66(69)72-63-64(62-71-65(68)59-56-53-50-47-44-41-24-21-18-15-12-9-6-3)73-67(70)61-58-55-52-49-46-43-39-26-23-20-17-14-11-8-5-2/h8-9,11-12,17-18,20-21,26,28-29,39,41,44,64H,4-7,10,13-16,19,22-25,27,30-38,40,42-43,45-63H2,1-3H3/b11-8-,12-9-,20-17-,21-18-,29-28-,39-26-,44-41-. The van der Waals surface area contributed by atoms with E-state index >= 15 is 0 Å². The molecular formula is C67H116O6. The van der Waals surface area contributed by atoms with Crippen LogP contribution in [0.15, 0.2) is 85.1 Å². The van der Waals surface area contributed by atoms with Gasteiger partial charge < -0.3 is 14.2 Å². The minimum atomic E-state index is -0.798. The lowest BCUT2D eigenvalue weighted by Crippen LogP contribution is -2.30.